The largest absolute Gasteiger partial charge is 0.493 e. The fourth-order valence-electron chi connectivity index (χ4n) is 2.60. The van der Waals surface area contributed by atoms with Crippen LogP contribution in [0.1, 0.15) is 16.7 Å². The fourth-order valence-corrected chi connectivity index (χ4v) is 3.34. The SMILES string of the molecule is COC(=O)/C=C1/S/C(=N\N=Cc2ccc(OCc3ccccc3C)c(OC)c2)NC1=O. The summed E-state index contributed by atoms with van der Waals surface area (Å²) < 4.78 is 15.8. The number of benzene rings is 2. The number of amides is 1. The van der Waals surface area contributed by atoms with Gasteiger partial charge in [-0.3, -0.25) is 10.1 Å². The molecule has 0 radical (unpaired) electrons. The van der Waals surface area contributed by atoms with Crippen LogP contribution in [0.25, 0.3) is 0 Å². The Balaban J connectivity index is 1.66. The van der Waals surface area contributed by atoms with Gasteiger partial charge in [-0.15, -0.1) is 5.10 Å². The van der Waals surface area contributed by atoms with Gasteiger partial charge in [-0.1, -0.05) is 24.3 Å². The number of nitrogens with one attached hydrogen (secondary N) is 1. The van der Waals surface area contributed by atoms with Gasteiger partial charge in [0.25, 0.3) is 5.91 Å². The van der Waals surface area contributed by atoms with Crippen molar-refractivity contribution in [3.63, 3.8) is 0 Å². The van der Waals surface area contributed by atoms with E-state index in [-0.39, 0.29) is 10.1 Å². The Morgan fingerprint density at radius 3 is 2.71 bits per heavy atom. The molecule has 2 aromatic rings. The zero-order valence-corrected chi connectivity index (χ0v) is 18.1. The zero-order valence-electron chi connectivity index (χ0n) is 17.2. The summed E-state index contributed by atoms with van der Waals surface area (Å²) in [6.45, 7) is 2.47. The number of amidine groups is 1. The summed E-state index contributed by atoms with van der Waals surface area (Å²) >= 11 is 1.00. The maximum Gasteiger partial charge on any atom is 0.331 e. The first-order chi connectivity index (χ1) is 15.0. The molecule has 31 heavy (non-hydrogen) atoms. The predicted molar refractivity (Wildman–Crippen MR) is 119 cm³/mol. The van der Waals surface area contributed by atoms with Crippen LogP contribution in [0.2, 0.25) is 0 Å². The molecular formula is C22H21N3O5S. The van der Waals surface area contributed by atoms with E-state index < -0.39 is 11.9 Å². The van der Waals surface area contributed by atoms with E-state index in [4.69, 9.17) is 9.47 Å². The summed E-state index contributed by atoms with van der Waals surface area (Å²) in [4.78, 5) is 23.3. The first kappa shape index (κ1) is 22.1. The van der Waals surface area contributed by atoms with Gasteiger partial charge < -0.3 is 14.2 Å². The first-order valence-electron chi connectivity index (χ1n) is 9.25. The van der Waals surface area contributed by atoms with Gasteiger partial charge in [-0.05, 0) is 53.6 Å². The van der Waals surface area contributed by atoms with E-state index >= 15 is 0 Å². The third-order valence-corrected chi connectivity index (χ3v) is 5.19. The Bertz CT molecular complexity index is 1080. The van der Waals surface area contributed by atoms with E-state index in [1.165, 1.54) is 13.3 Å². The standard InChI is InChI=1S/C22H21N3O5S/c1-14-6-4-5-7-16(14)13-30-17-9-8-15(10-18(17)28-2)12-23-25-22-24-21(27)19(31-22)11-20(26)29-3/h4-12H,13H2,1-3H3,(H,24,25,27)/b19-11+,23-12?. The Kier molecular flexibility index (Phi) is 7.45. The summed E-state index contributed by atoms with van der Waals surface area (Å²) in [5, 5.41) is 10.8. The number of nitrogens with zero attached hydrogens (tertiary/aromatic N) is 2. The lowest BCUT2D eigenvalue weighted by Crippen LogP contribution is -2.19. The number of hydrogen-bond donors (Lipinski definition) is 1. The highest BCUT2D eigenvalue weighted by Gasteiger charge is 2.25. The summed E-state index contributed by atoms with van der Waals surface area (Å²) in [5.41, 5.74) is 3.00. The average Bonchev–Trinajstić information content (AvgIpc) is 3.12. The average molecular weight is 439 g/mol. The molecule has 1 aliphatic rings. The third kappa shape index (κ3) is 5.95. The highest BCUT2D eigenvalue weighted by atomic mass is 32.2. The monoisotopic (exact) mass is 439 g/mol. The highest BCUT2D eigenvalue weighted by Crippen LogP contribution is 2.29. The van der Waals surface area contributed by atoms with Crippen LogP contribution in [-0.4, -0.2) is 37.5 Å². The van der Waals surface area contributed by atoms with Crippen molar-refractivity contribution < 1.29 is 23.8 Å². The van der Waals surface area contributed by atoms with Crippen molar-refractivity contribution in [3.05, 3.63) is 70.1 Å². The molecule has 1 amide bonds. The number of esters is 1. The number of methoxy groups -OCH3 is 2. The molecule has 1 heterocycles. The molecule has 8 nitrogen and oxygen atoms in total. The number of carbonyl (C=O) groups excluding carboxylic acids is 2. The Hall–Kier alpha value is -3.59. The van der Waals surface area contributed by atoms with Gasteiger partial charge in [0.2, 0.25) is 0 Å². The number of ether oxygens (including phenoxy) is 3. The minimum absolute atomic E-state index is 0.192. The molecule has 0 aliphatic carbocycles. The van der Waals surface area contributed by atoms with Gasteiger partial charge >= 0.3 is 5.97 Å². The molecule has 9 heteroatoms. The Morgan fingerprint density at radius 1 is 1.16 bits per heavy atom. The van der Waals surface area contributed by atoms with E-state index in [0.717, 1.165) is 34.5 Å². The van der Waals surface area contributed by atoms with Gasteiger partial charge in [0.1, 0.15) is 6.61 Å². The van der Waals surface area contributed by atoms with E-state index in [0.29, 0.717) is 18.1 Å². The molecule has 0 aromatic heterocycles. The molecule has 3 rings (SSSR count). The first-order valence-corrected chi connectivity index (χ1v) is 10.1. The lowest BCUT2D eigenvalue weighted by Gasteiger charge is -2.12. The molecule has 1 N–H and O–H groups in total. The molecule has 0 bridgehead atoms. The Labute approximate surface area is 184 Å². The van der Waals surface area contributed by atoms with Crippen LogP contribution in [0.5, 0.6) is 11.5 Å². The molecular weight excluding hydrogens is 418 g/mol. The van der Waals surface area contributed by atoms with Crippen molar-refractivity contribution in [2.45, 2.75) is 13.5 Å². The second kappa shape index (κ2) is 10.4. The zero-order chi connectivity index (χ0) is 22.2. The number of aryl methyl sites for hydroxylation is 1. The van der Waals surface area contributed by atoms with Gasteiger partial charge in [-0.2, -0.15) is 5.10 Å². The van der Waals surface area contributed by atoms with Crippen molar-refractivity contribution in [1.29, 1.82) is 0 Å². The van der Waals surface area contributed by atoms with Crippen molar-refractivity contribution in [2.75, 3.05) is 14.2 Å². The molecule has 0 spiro atoms. The minimum atomic E-state index is -0.612. The minimum Gasteiger partial charge on any atom is -0.493 e. The van der Waals surface area contributed by atoms with Crippen molar-refractivity contribution in [3.8, 4) is 11.5 Å². The summed E-state index contributed by atoms with van der Waals surface area (Å²) in [6, 6.07) is 13.4. The van der Waals surface area contributed by atoms with Gasteiger partial charge in [0.05, 0.1) is 25.3 Å². The van der Waals surface area contributed by atoms with Crippen LogP contribution in [0.4, 0.5) is 0 Å². The summed E-state index contributed by atoms with van der Waals surface area (Å²) in [5.74, 6) is 0.142. The predicted octanol–water partition coefficient (Wildman–Crippen LogP) is 3.19. The molecule has 160 valence electrons. The molecule has 1 aliphatic heterocycles. The second-order valence-corrected chi connectivity index (χ2v) is 7.39. The lowest BCUT2D eigenvalue weighted by molar-refractivity contribution is -0.135. The number of thioether (sulfide) groups is 1. The van der Waals surface area contributed by atoms with Crippen LogP contribution < -0.4 is 14.8 Å². The van der Waals surface area contributed by atoms with Crippen LogP contribution >= 0.6 is 11.8 Å². The maximum absolute atomic E-state index is 11.8. The molecule has 1 saturated heterocycles. The maximum atomic E-state index is 11.8. The highest BCUT2D eigenvalue weighted by molar-refractivity contribution is 8.18. The quantitative estimate of drug-likeness (QED) is 0.308. The van der Waals surface area contributed by atoms with E-state index in [9.17, 15) is 9.59 Å². The third-order valence-electron chi connectivity index (χ3n) is 4.29. The van der Waals surface area contributed by atoms with Crippen LogP contribution in [0.15, 0.2) is 63.6 Å². The summed E-state index contributed by atoms with van der Waals surface area (Å²) in [7, 11) is 2.81. The van der Waals surface area contributed by atoms with Gasteiger partial charge in [0, 0.05) is 6.08 Å². The lowest BCUT2D eigenvalue weighted by atomic mass is 10.1. The molecule has 0 saturated carbocycles. The molecule has 0 atom stereocenters. The van der Waals surface area contributed by atoms with Gasteiger partial charge in [0.15, 0.2) is 16.7 Å². The van der Waals surface area contributed by atoms with Crippen LogP contribution in [-0.2, 0) is 20.9 Å². The number of rotatable bonds is 7. The van der Waals surface area contributed by atoms with Crippen molar-refractivity contribution in [2.24, 2.45) is 10.2 Å². The normalized spacial score (nSPS) is 16.0. The fraction of sp³-hybridized carbons (Fsp3) is 0.182. The van der Waals surface area contributed by atoms with E-state index in [1.54, 1.807) is 19.2 Å². The van der Waals surface area contributed by atoms with E-state index in [1.807, 2.05) is 37.3 Å². The number of carbonyl (C=O) groups is 2. The summed E-state index contributed by atoms with van der Waals surface area (Å²) in [6.07, 6.45) is 2.63. The van der Waals surface area contributed by atoms with Crippen molar-refractivity contribution >= 4 is 35.0 Å². The Morgan fingerprint density at radius 2 is 1.97 bits per heavy atom. The van der Waals surface area contributed by atoms with E-state index in [2.05, 4.69) is 20.3 Å². The van der Waals surface area contributed by atoms with Crippen molar-refractivity contribution in [1.82, 2.24) is 5.32 Å². The van der Waals surface area contributed by atoms with Gasteiger partial charge in [-0.25, -0.2) is 4.79 Å². The molecule has 1 fully saturated rings. The molecule has 0 unspecified atom stereocenters. The van der Waals surface area contributed by atoms with Crippen LogP contribution in [0.3, 0.4) is 0 Å². The second-order valence-electron chi connectivity index (χ2n) is 6.36. The number of hydrogen-bond acceptors (Lipinski definition) is 8. The smallest absolute Gasteiger partial charge is 0.331 e. The van der Waals surface area contributed by atoms with Crippen LogP contribution in [0, 0.1) is 6.92 Å². The topological polar surface area (TPSA) is 98.6 Å². The molecule has 2 aromatic carbocycles.